The fraction of sp³-hybridized carbons (Fsp3) is 0.0952. The van der Waals surface area contributed by atoms with Gasteiger partial charge in [-0.25, -0.2) is 4.39 Å². The second-order valence-electron chi connectivity index (χ2n) is 6.06. The minimum absolute atomic E-state index is 0.0594. The van der Waals surface area contributed by atoms with Crippen LogP contribution in [0.1, 0.15) is 21.5 Å². The summed E-state index contributed by atoms with van der Waals surface area (Å²) < 4.78 is 14.0. The molecular weight excluding hydrogens is 329 g/mol. The van der Waals surface area contributed by atoms with Crippen LogP contribution in [-0.2, 0) is 6.42 Å². The van der Waals surface area contributed by atoms with Crippen LogP contribution >= 0.6 is 0 Å². The van der Waals surface area contributed by atoms with Gasteiger partial charge in [0.25, 0.3) is 5.91 Å². The highest BCUT2D eigenvalue weighted by molar-refractivity contribution is 6.07. The molecule has 5 heteroatoms. The first-order chi connectivity index (χ1) is 12.7. The van der Waals surface area contributed by atoms with Crippen LogP contribution in [0.25, 0.3) is 11.1 Å². The maximum absolute atomic E-state index is 14.0. The topological polar surface area (TPSA) is 57.0 Å². The van der Waals surface area contributed by atoms with E-state index in [0.29, 0.717) is 24.2 Å². The van der Waals surface area contributed by atoms with E-state index < -0.39 is 5.82 Å². The predicted molar refractivity (Wildman–Crippen MR) is 96.2 cm³/mol. The molecule has 4 nitrogen and oxygen atoms in total. The monoisotopic (exact) mass is 343 g/mol. The number of nitrogens with zero attached hydrogens (tertiary/aromatic N) is 3. The van der Waals surface area contributed by atoms with Crippen LogP contribution in [0.2, 0.25) is 0 Å². The van der Waals surface area contributed by atoms with Crippen LogP contribution in [0, 0.1) is 17.1 Å². The molecule has 1 amide bonds. The molecule has 126 valence electrons. The van der Waals surface area contributed by atoms with Gasteiger partial charge in [0.05, 0.1) is 29.1 Å². The van der Waals surface area contributed by atoms with Crippen molar-refractivity contribution < 1.29 is 9.18 Å². The molecule has 3 aromatic rings. The van der Waals surface area contributed by atoms with E-state index in [1.807, 2.05) is 12.1 Å². The van der Waals surface area contributed by atoms with Gasteiger partial charge in [-0.1, -0.05) is 24.3 Å². The smallest absolute Gasteiger partial charge is 0.261 e. The molecule has 1 aliphatic heterocycles. The molecule has 0 spiro atoms. The molecule has 0 unspecified atom stereocenters. The number of nitriles is 1. The molecular formula is C21H14FN3O. The highest BCUT2D eigenvalue weighted by Gasteiger charge is 2.29. The van der Waals surface area contributed by atoms with Crippen molar-refractivity contribution in [1.82, 2.24) is 4.98 Å². The van der Waals surface area contributed by atoms with Crippen molar-refractivity contribution in [1.29, 1.82) is 5.26 Å². The number of amides is 1. The van der Waals surface area contributed by atoms with Crippen molar-refractivity contribution in [2.45, 2.75) is 6.42 Å². The summed E-state index contributed by atoms with van der Waals surface area (Å²) in [5, 5.41) is 8.94. The number of carbonyl (C=O) groups excluding carboxylic acids is 1. The van der Waals surface area contributed by atoms with Crippen molar-refractivity contribution in [3.8, 4) is 17.2 Å². The largest absolute Gasteiger partial charge is 0.306 e. The van der Waals surface area contributed by atoms with Crippen LogP contribution in [0.4, 0.5) is 10.1 Å². The zero-order valence-corrected chi connectivity index (χ0v) is 13.8. The molecule has 0 aliphatic carbocycles. The highest BCUT2D eigenvalue weighted by atomic mass is 19.1. The third-order valence-electron chi connectivity index (χ3n) is 4.59. The van der Waals surface area contributed by atoms with Gasteiger partial charge in [-0.15, -0.1) is 0 Å². The molecule has 0 saturated carbocycles. The van der Waals surface area contributed by atoms with Gasteiger partial charge in [-0.05, 0) is 41.8 Å². The van der Waals surface area contributed by atoms with E-state index in [9.17, 15) is 9.18 Å². The first-order valence-corrected chi connectivity index (χ1v) is 8.23. The fourth-order valence-corrected chi connectivity index (χ4v) is 3.28. The Morgan fingerprint density at radius 1 is 1.12 bits per heavy atom. The molecule has 0 fully saturated rings. The Balaban J connectivity index is 1.73. The normalized spacial score (nSPS) is 12.5. The summed E-state index contributed by atoms with van der Waals surface area (Å²) in [6.07, 6.45) is 4.08. The van der Waals surface area contributed by atoms with Crippen LogP contribution in [-0.4, -0.2) is 17.4 Å². The fourth-order valence-electron chi connectivity index (χ4n) is 3.28. The quantitative estimate of drug-likeness (QED) is 0.708. The molecule has 0 radical (unpaired) electrons. The number of halogens is 1. The van der Waals surface area contributed by atoms with E-state index in [-0.39, 0.29) is 11.5 Å². The van der Waals surface area contributed by atoms with Gasteiger partial charge in [-0.2, -0.15) is 5.26 Å². The summed E-state index contributed by atoms with van der Waals surface area (Å²) in [4.78, 5) is 18.6. The average Bonchev–Trinajstić information content (AvgIpc) is 3.12. The van der Waals surface area contributed by atoms with Crippen molar-refractivity contribution >= 4 is 11.6 Å². The van der Waals surface area contributed by atoms with E-state index in [4.69, 9.17) is 5.26 Å². The van der Waals surface area contributed by atoms with E-state index >= 15 is 0 Å². The van der Waals surface area contributed by atoms with Gasteiger partial charge in [0.15, 0.2) is 0 Å². The Kier molecular flexibility index (Phi) is 3.94. The number of pyridine rings is 1. The van der Waals surface area contributed by atoms with Gasteiger partial charge in [0.2, 0.25) is 0 Å². The molecule has 0 saturated heterocycles. The lowest BCUT2D eigenvalue weighted by Gasteiger charge is -2.18. The van der Waals surface area contributed by atoms with Gasteiger partial charge in [0, 0.05) is 18.3 Å². The first kappa shape index (κ1) is 16.0. The molecule has 1 aliphatic rings. The minimum atomic E-state index is -0.526. The summed E-state index contributed by atoms with van der Waals surface area (Å²) in [5.74, 6) is -0.886. The zero-order chi connectivity index (χ0) is 18.1. The number of anilines is 1. The SMILES string of the molecule is N#Cc1ccc(-c2cncc3c2CCN3C(=O)c2ccccc2F)cc1. The van der Waals surface area contributed by atoms with Gasteiger partial charge >= 0.3 is 0 Å². The van der Waals surface area contributed by atoms with E-state index in [1.165, 1.54) is 12.1 Å². The van der Waals surface area contributed by atoms with Crippen molar-refractivity contribution in [3.63, 3.8) is 0 Å². The van der Waals surface area contributed by atoms with Crippen LogP contribution < -0.4 is 4.90 Å². The lowest BCUT2D eigenvalue weighted by Crippen LogP contribution is -2.29. The number of fused-ring (bicyclic) bond motifs is 1. The van der Waals surface area contributed by atoms with E-state index in [1.54, 1.807) is 41.6 Å². The summed E-state index contributed by atoms with van der Waals surface area (Å²) in [6.45, 7) is 0.484. The third-order valence-corrected chi connectivity index (χ3v) is 4.59. The molecule has 26 heavy (non-hydrogen) atoms. The molecule has 0 N–H and O–H groups in total. The maximum Gasteiger partial charge on any atom is 0.261 e. The Morgan fingerprint density at radius 3 is 2.62 bits per heavy atom. The Morgan fingerprint density at radius 2 is 1.88 bits per heavy atom. The summed E-state index contributed by atoms with van der Waals surface area (Å²) in [6, 6.07) is 15.4. The maximum atomic E-state index is 14.0. The summed E-state index contributed by atoms with van der Waals surface area (Å²) in [5.41, 5.74) is 4.23. The van der Waals surface area contributed by atoms with Crippen molar-refractivity contribution in [2.75, 3.05) is 11.4 Å². The second-order valence-corrected chi connectivity index (χ2v) is 6.06. The predicted octanol–water partition coefficient (Wildman–Crippen LogP) is 3.96. The lowest BCUT2D eigenvalue weighted by atomic mass is 9.99. The number of rotatable bonds is 2. The third kappa shape index (κ3) is 2.62. The van der Waals surface area contributed by atoms with Gasteiger partial charge in [-0.3, -0.25) is 9.78 Å². The Hall–Kier alpha value is -3.52. The summed E-state index contributed by atoms with van der Waals surface area (Å²) in [7, 11) is 0. The molecule has 0 atom stereocenters. The van der Waals surface area contributed by atoms with Crippen LogP contribution in [0.3, 0.4) is 0 Å². The van der Waals surface area contributed by atoms with Crippen molar-refractivity contribution in [3.05, 3.63) is 83.4 Å². The van der Waals surface area contributed by atoms with Gasteiger partial charge < -0.3 is 4.90 Å². The average molecular weight is 343 g/mol. The van der Waals surface area contributed by atoms with E-state index in [0.717, 1.165) is 16.7 Å². The minimum Gasteiger partial charge on any atom is -0.306 e. The molecule has 2 aromatic carbocycles. The second kappa shape index (κ2) is 6.41. The zero-order valence-electron chi connectivity index (χ0n) is 13.8. The number of aromatic nitrogens is 1. The Bertz CT molecular complexity index is 1040. The van der Waals surface area contributed by atoms with Crippen LogP contribution in [0.5, 0.6) is 0 Å². The number of carbonyl (C=O) groups is 1. The molecule has 4 rings (SSSR count). The Labute approximate surface area is 150 Å². The highest BCUT2D eigenvalue weighted by Crippen LogP contribution is 2.36. The van der Waals surface area contributed by atoms with E-state index in [2.05, 4.69) is 11.1 Å². The lowest BCUT2D eigenvalue weighted by molar-refractivity contribution is 0.0985. The molecule has 0 bridgehead atoms. The number of benzene rings is 2. The number of hydrogen-bond donors (Lipinski definition) is 0. The van der Waals surface area contributed by atoms with Crippen LogP contribution in [0.15, 0.2) is 60.9 Å². The molecule has 2 heterocycles. The first-order valence-electron chi connectivity index (χ1n) is 8.23. The van der Waals surface area contributed by atoms with Gasteiger partial charge in [0.1, 0.15) is 5.82 Å². The number of hydrogen-bond acceptors (Lipinski definition) is 3. The van der Waals surface area contributed by atoms with Crippen molar-refractivity contribution in [2.24, 2.45) is 0 Å². The standard InChI is InChI=1S/C21H14FN3O/c22-19-4-2-1-3-17(19)21(26)25-10-9-16-18(12-24-13-20(16)25)15-7-5-14(11-23)6-8-15/h1-8,12-13H,9-10H2. The molecule has 1 aromatic heterocycles. The summed E-state index contributed by atoms with van der Waals surface area (Å²) >= 11 is 0.